The number of sulfonamides is 1. The van der Waals surface area contributed by atoms with Gasteiger partial charge in [-0.15, -0.1) is 6.58 Å². The lowest BCUT2D eigenvalue weighted by Crippen LogP contribution is -2.54. The van der Waals surface area contributed by atoms with Gasteiger partial charge in [0.2, 0.25) is 15.9 Å². The molecule has 3 unspecified atom stereocenters. The highest BCUT2D eigenvalue weighted by Gasteiger charge is 2.31. The van der Waals surface area contributed by atoms with Crippen molar-refractivity contribution in [2.24, 2.45) is 5.92 Å². The molecule has 0 spiro atoms. The van der Waals surface area contributed by atoms with Gasteiger partial charge >= 0.3 is 0 Å². The van der Waals surface area contributed by atoms with Crippen LogP contribution in [0.4, 0.5) is 0 Å². The van der Waals surface area contributed by atoms with E-state index in [0.717, 1.165) is 0 Å². The molecule has 1 aliphatic rings. The number of nitrogens with zero attached hydrogens (tertiary/aromatic N) is 1. The number of nitrogens with one attached hydrogen (secondary N) is 2. The summed E-state index contributed by atoms with van der Waals surface area (Å²) in [7, 11) is -3.12. The lowest BCUT2D eigenvalue weighted by Gasteiger charge is -2.37. The zero-order valence-electron chi connectivity index (χ0n) is 12.4. The van der Waals surface area contributed by atoms with Gasteiger partial charge in [0.1, 0.15) is 0 Å². The van der Waals surface area contributed by atoms with E-state index in [1.54, 1.807) is 6.08 Å². The van der Waals surface area contributed by atoms with E-state index in [9.17, 15) is 13.2 Å². The fourth-order valence-corrected chi connectivity index (χ4v) is 3.32. The first-order valence-corrected chi connectivity index (χ1v) is 8.70. The second-order valence-electron chi connectivity index (χ2n) is 5.42. The van der Waals surface area contributed by atoms with Crippen molar-refractivity contribution in [3.05, 3.63) is 12.7 Å². The summed E-state index contributed by atoms with van der Waals surface area (Å²) in [6.45, 7) is 8.82. The average Bonchev–Trinajstić information content (AvgIpc) is 2.36. The van der Waals surface area contributed by atoms with E-state index in [2.05, 4.69) is 17.2 Å². The van der Waals surface area contributed by atoms with Gasteiger partial charge in [0.15, 0.2) is 0 Å². The number of piperidine rings is 1. The van der Waals surface area contributed by atoms with Gasteiger partial charge in [-0.3, -0.25) is 4.79 Å². The smallest absolute Gasteiger partial charge is 0.237 e. The molecule has 6 nitrogen and oxygen atoms in total. The molecular formula is C13H25N3O3S. The minimum Gasteiger partial charge on any atom is -0.351 e. The Morgan fingerprint density at radius 2 is 2.20 bits per heavy atom. The van der Waals surface area contributed by atoms with Crippen LogP contribution in [0.25, 0.3) is 0 Å². The molecule has 7 heteroatoms. The molecule has 0 aliphatic carbocycles. The van der Waals surface area contributed by atoms with E-state index >= 15 is 0 Å². The number of amides is 1. The van der Waals surface area contributed by atoms with Crippen LogP contribution in [0.5, 0.6) is 0 Å². The van der Waals surface area contributed by atoms with E-state index in [1.165, 1.54) is 10.6 Å². The average molecular weight is 303 g/mol. The van der Waals surface area contributed by atoms with Crippen LogP contribution >= 0.6 is 0 Å². The van der Waals surface area contributed by atoms with E-state index in [-0.39, 0.29) is 23.9 Å². The van der Waals surface area contributed by atoms with Crippen LogP contribution in [-0.4, -0.2) is 56.6 Å². The molecule has 1 aliphatic heterocycles. The number of carbonyl (C=O) groups excluding carboxylic acids is 1. The minimum atomic E-state index is -3.12. The number of hydrogen-bond acceptors (Lipinski definition) is 4. The van der Waals surface area contributed by atoms with Crippen molar-refractivity contribution in [1.82, 2.24) is 14.9 Å². The first-order valence-electron chi connectivity index (χ1n) is 6.85. The fourth-order valence-electron chi connectivity index (χ4n) is 2.38. The molecule has 20 heavy (non-hydrogen) atoms. The topological polar surface area (TPSA) is 78.5 Å². The van der Waals surface area contributed by atoms with E-state index < -0.39 is 10.0 Å². The predicted octanol–water partition coefficient (Wildman–Crippen LogP) is -0.0633. The maximum absolute atomic E-state index is 11.8. The van der Waals surface area contributed by atoms with Gasteiger partial charge in [-0.1, -0.05) is 13.0 Å². The summed E-state index contributed by atoms with van der Waals surface area (Å²) >= 11 is 0. The van der Waals surface area contributed by atoms with Crippen molar-refractivity contribution in [2.75, 3.05) is 25.9 Å². The second-order valence-corrected chi connectivity index (χ2v) is 7.40. The van der Waals surface area contributed by atoms with Crippen LogP contribution in [0.15, 0.2) is 12.7 Å². The largest absolute Gasteiger partial charge is 0.351 e. The Bertz CT molecular complexity index is 450. The molecule has 1 saturated heterocycles. The Morgan fingerprint density at radius 3 is 2.70 bits per heavy atom. The zero-order valence-corrected chi connectivity index (χ0v) is 13.2. The molecule has 116 valence electrons. The Hall–Kier alpha value is -0.920. The molecule has 0 radical (unpaired) electrons. The summed E-state index contributed by atoms with van der Waals surface area (Å²) < 4.78 is 24.5. The summed E-state index contributed by atoms with van der Waals surface area (Å²) in [6.07, 6.45) is 3.59. The molecule has 0 aromatic rings. The Labute approximate surface area is 121 Å². The zero-order chi connectivity index (χ0) is 15.3. The van der Waals surface area contributed by atoms with E-state index in [4.69, 9.17) is 0 Å². The molecule has 1 amide bonds. The van der Waals surface area contributed by atoms with Gasteiger partial charge in [-0.25, -0.2) is 12.7 Å². The normalized spacial score (nSPS) is 25.9. The maximum Gasteiger partial charge on any atom is 0.237 e. The van der Waals surface area contributed by atoms with Gasteiger partial charge in [-0.2, -0.15) is 0 Å². The summed E-state index contributed by atoms with van der Waals surface area (Å²) in [5.41, 5.74) is 0. The third-order valence-corrected chi connectivity index (χ3v) is 4.88. The maximum atomic E-state index is 11.8. The van der Waals surface area contributed by atoms with Crippen molar-refractivity contribution >= 4 is 15.9 Å². The quantitative estimate of drug-likeness (QED) is 0.674. The summed E-state index contributed by atoms with van der Waals surface area (Å²) in [5, 5.41) is 6.03. The van der Waals surface area contributed by atoms with Crippen molar-refractivity contribution in [1.29, 1.82) is 0 Å². The minimum absolute atomic E-state index is 0.0670. The number of rotatable bonds is 6. The fraction of sp³-hybridized carbons (Fsp3) is 0.769. The van der Waals surface area contributed by atoms with Crippen molar-refractivity contribution in [2.45, 2.75) is 32.4 Å². The number of carbonyl (C=O) groups is 1. The van der Waals surface area contributed by atoms with Crippen molar-refractivity contribution in [3.63, 3.8) is 0 Å². The van der Waals surface area contributed by atoms with E-state index in [0.29, 0.717) is 26.1 Å². The monoisotopic (exact) mass is 303 g/mol. The highest BCUT2D eigenvalue weighted by Crippen LogP contribution is 2.19. The summed E-state index contributed by atoms with van der Waals surface area (Å²) in [4.78, 5) is 11.8. The first kappa shape index (κ1) is 17.1. The highest BCUT2D eigenvalue weighted by atomic mass is 32.2. The highest BCUT2D eigenvalue weighted by molar-refractivity contribution is 7.88. The molecule has 0 bridgehead atoms. The van der Waals surface area contributed by atoms with Crippen LogP contribution in [-0.2, 0) is 14.8 Å². The summed E-state index contributed by atoms with van der Waals surface area (Å²) in [5.74, 6) is 0.107. The molecule has 2 N–H and O–H groups in total. The van der Waals surface area contributed by atoms with Gasteiger partial charge in [0.05, 0.1) is 12.3 Å². The van der Waals surface area contributed by atoms with Gasteiger partial charge in [0, 0.05) is 25.7 Å². The van der Waals surface area contributed by atoms with Gasteiger partial charge in [0.25, 0.3) is 0 Å². The summed E-state index contributed by atoms with van der Waals surface area (Å²) in [6, 6.07) is -0.148. The molecule has 0 saturated carbocycles. The molecule has 1 rings (SSSR count). The van der Waals surface area contributed by atoms with Gasteiger partial charge in [-0.05, 0) is 19.3 Å². The molecular weight excluding hydrogens is 278 g/mol. The van der Waals surface area contributed by atoms with Gasteiger partial charge < -0.3 is 10.6 Å². The van der Waals surface area contributed by atoms with E-state index in [1.807, 2.05) is 13.8 Å². The van der Waals surface area contributed by atoms with Crippen LogP contribution in [0.3, 0.4) is 0 Å². The molecule has 0 aromatic heterocycles. The van der Waals surface area contributed by atoms with Crippen molar-refractivity contribution < 1.29 is 13.2 Å². The molecule has 1 fully saturated rings. The molecule has 3 atom stereocenters. The number of hydrogen-bond donors (Lipinski definition) is 2. The van der Waals surface area contributed by atoms with Crippen LogP contribution in [0, 0.1) is 5.92 Å². The Balaban J connectivity index is 2.50. The SMILES string of the molecule is C=CCNC(=O)C(C)NC1CCN(S(C)(=O)=O)CC1C. The van der Waals surface area contributed by atoms with Crippen LogP contribution in [0.1, 0.15) is 20.3 Å². The molecule has 0 aromatic carbocycles. The first-order chi connectivity index (χ1) is 9.25. The third-order valence-electron chi connectivity index (χ3n) is 3.62. The van der Waals surface area contributed by atoms with Crippen LogP contribution in [0.2, 0.25) is 0 Å². The van der Waals surface area contributed by atoms with Crippen molar-refractivity contribution in [3.8, 4) is 0 Å². The Morgan fingerprint density at radius 1 is 1.55 bits per heavy atom. The predicted molar refractivity (Wildman–Crippen MR) is 79.8 cm³/mol. The van der Waals surface area contributed by atoms with Crippen LogP contribution < -0.4 is 10.6 Å². The lowest BCUT2D eigenvalue weighted by atomic mass is 9.94. The third kappa shape index (κ3) is 4.88. The lowest BCUT2D eigenvalue weighted by molar-refractivity contribution is -0.122. The Kier molecular flexibility index (Phi) is 6.16. The standard InChI is InChI=1S/C13H25N3O3S/c1-5-7-14-13(17)11(3)15-12-6-8-16(9-10(12)2)20(4,18)19/h5,10-12,15H,1,6-9H2,2-4H3,(H,14,17). The molecule has 1 heterocycles. The second kappa shape index (κ2) is 7.19.